The first-order chi connectivity index (χ1) is 12.5. The van der Waals surface area contributed by atoms with E-state index in [2.05, 4.69) is 9.88 Å². The highest BCUT2D eigenvalue weighted by atomic mass is 32.1. The third-order valence-electron chi connectivity index (χ3n) is 4.46. The molecule has 0 atom stereocenters. The minimum absolute atomic E-state index is 0.0320. The van der Waals surface area contributed by atoms with Gasteiger partial charge in [-0.1, -0.05) is 0 Å². The molecule has 0 saturated heterocycles. The van der Waals surface area contributed by atoms with E-state index in [1.165, 1.54) is 11.3 Å². The number of nitrogens with zero attached hydrogens (tertiary/aromatic N) is 1. The number of ketones is 1. The summed E-state index contributed by atoms with van der Waals surface area (Å²) >= 11 is 1.43. The molecule has 1 amide bonds. The summed E-state index contributed by atoms with van der Waals surface area (Å²) in [5, 5.41) is 6.21. The topological polar surface area (TPSA) is 77.4 Å². The lowest BCUT2D eigenvalue weighted by Gasteiger charge is -2.08. The number of amides is 1. The fourth-order valence-electron chi connectivity index (χ4n) is 3.02. The highest BCUT2D eigenvalue weighted by Crippen LogP contribution is 2.38. The van der Waals surface area contributed by atoms with Gasteiger partial charge in [0, 0.05) is 40.5 Å². The lowest BCUT2D eigenvalue weighted by molar-refractivity contribution is -0.142. The summed E-state index contributed by atoms with van der Waals surface area (Å²) in [6.07, 6.45) is 2.33. The average molecular weight is 374 g/mol. The molecule has 6 nitrogen and oxygen atoms in total. The highest BCUT2D eigenvalue weighted by molar-refractivity contribution is 7.08. The number of aryl methyl sites for hydroxylation is 1. The fourth-order valence-corrected chi connectivity index (χ4v) is 3.66. The number of esters is 1. The van der Waals surface area contributed by atoms with E-state index in [4.69, 9.17) is 4.74 Å². The van der Waals surface area contributed by atoms with E-state index in [1.54, 1.807) is 11.4 Å². The second kappa shape index (κ2) is 7.86. The maximum absolute atomic E-state index is 12.4. The van der Waals surface area contributed by atoms with Crippen LogP contribution in [0.3, 0.4) is 0 Å². The minimum Gasteiger partial charge on any atom is -0.457 e. The Hall–Kier alpha value is -2.41. The summed E-state index contributed by atoms with van der Waals surface area (Å²) in [4.78, 5) is 35.9. The van der Waals surface area contributed by atoms with Crippen LogP contribution < -0.4 is 5.32 Å². The summed E-state index contributed by atoms with van der Waals surface area (Å²) in [7, 11) is 0. The number of ether oxygens (including phenoxy) is 1. The Kier molecular flexibility index (Phi) is 5.56. The lowest BCUT2D eigenvalue weighted by Crippen LogP contribution is -2.26. The van der Waals surface area contributed by atoms with E-state index in [-0.39, 0.29) is 31.3 Å². The molecule has 3 rings (SSSR count). The second-order valence-corrected chi connectivity index (χ2v) is 7.27. The first kappa shape index (κ1) is 18.4. The molecule has 26 heavy (non-hydrogen) atoms. The molecule has 1 aliphatic carbocycles. The van der Waals surface area contributed by atoms with E-state index in [9.17, 15) is 14.4 Å². The zero-order valence-electron chi connectivity index (χ0n) is 14.9. The fraction of sp³-hybridized carbons (Fsp3) is 0.421. The van der Waals surface area contributed by atoms with Crippen LogP contribution >= 0.6 is 11.3 Å². The van der Waals surface area contributed by atoms with Gasteiger partial charge in [0.2, 0.25) is 5.78 Å². The van der Waals surface area contributed by atoms with Gasteiger partial charge in [-0.25, -0.2) is 0 Å². The Morgan fingerprint density at radius 3 is 2.73 bits per heavy atom. The highest BCUT2D eigenvalue weighted by Gasteiger charge is 2.28. The number of thiophene rings is 1. The molecule has 1 saturated carbocycles. The van der Waals surface area contributed by atoms with Crippen molar-refractivity contribution in [2.45, 2.75) is 39.2 Å². The van der Waals surface area contributed by atoms with Crippen molar-refractivity contribution in [1.82, 2.24) is 9.88 Å². The van der Waals surface area contributed by atoms with Crippen molar-refractivity contribution in [2.75, 3.05) is 13.2 Å². The van der Waals surface area contributed by atoms with Crippen molar-refractivity contribution in [3.8, 4) is 0 Å². The van der Waals surface area contributed by atoms with Gasteiger partial charge in [0.1, 0.15) is 0 Å². The van der Waals surface area contributed by atoms with Crippen LogP contribution in [0, 0.1) is 13.8 Å². The van der Waals surface area contributed by atoms with Gasteiger partial charge < -0.3 is 14.6 Å². The molecule has 0 unspecified atom stereocenters. The molecule has 1 N–H and O–H groups in total. The van der Waals surface area contributed by atoms with Crippen molar-refractivity contribution in [1.29, 1.82) is 0 Å². The van der Waals surface area contributed by atoms with Crippen LogP contribution in [-0.2, 0) is 9.53 Å². The number of hydrogen-bond donors (Lipinski definition) is 1. The molecular formula is C19H22N2O4S. The summed E-state index contributed by atoms with van der Waals surface area (Å²) in [6.45, 7) is 3.83. The van der Waals surface area contributed by atoms with Crippen molar-refractivity contribution < 1.29 is 19.1 Å². The van der Waals surface area contributed by atoms with Crippen LogP contribution in [0.25, 0.3) is 0 Å². The quantitative estimate of drug-likeness (QED) is 0.569. The van der Waals surface area contributed by atoms with Gasteiger partial charge in [-0.2, -0.15) is 11.3 Å². The largest absolute Gasteiger partial charge is 0.457 e. The van der Waals surface area contributed by atoms with Gasteiger partial charge in [0.15, 0.2) is 6.61 Å². The molecule has 0 aliphatic heterocycles. The maximum Gasteiger partial charge on any atom is 0.308 e. The lowest BCUT2D eigenvalue weighted by atomic mass is 10.1. The standard InChI is InChI=1S/C19H22N2O4S/c1-12-9-16(13(2)21(12)15-3-4-15)17(22)10-25-18(23)5-7-20-19(24)14-6-8-26-11-14/h6,8-9,11,15H,3-5,7,10H2,1-2H3,(H,20,24). The Bertz CT molecular complexity index is 819. The Morgan fingerprint density at radius 2 is 2.08 bits per heavy atom. The molecule has 1 aliphatic rings. The predicted molar refractivity (Wildman–Crippen MR) is 98.7 cm³/mol. The van der Waals surface area contributed by atoms with Gasteiger partial charge in [-0.15, -0.1) is 0 Å². The summed E-state index contributed by atoms with van der Waals surface area (Å²) in [6, 6.07) is 4.09. The van der Waals surface area contributed by atoms with Crippen LogP contribution in [-0.4, -0.2) is 35.4 Å². The average Bonchev–Trinajstić information content (AvgIpc) is 3.18. The van der Waals surface area contributed by atoms with Gasteiger partial charge in [0.05, 0.1) is 6.42 Å². The molecule has 0 aromatic carbocycles. The number of rotatable bonds is 8. The van der Waals surface area contributed by atoms with E-state index in [1.807, 2.05) is 25.3 Å². The van der Waals surface area contributed by atoms with Crippen LogP contribution in [0.15, 0.2) is 22.9 Å². The maximum atomic E-state index is 12.4. The van der Waals surface area contributed by atoms with Crippen LogP contribution in [0.4, 0.5) is 0 Å². The monoisotopic (exact) mass is 374 g/mol. The zero-order chi connectivity index (χ0) is 18.7. The Balaban J connectivity index is 1.43. The molecule has 1 fully saturated rings. The van der Waals surface area contributed by atoms with E-state index >= 15 is 0 Å². The van der Waals surface area contributed by atoms with Gasteiger partial charge in [-0.3, -0.25) is 14.4 Å². The van der Waals surface area contributed by atoms with E-state index < -0.39 is 5.97 Å². The number of carbonyl (C=O) groups is 3. The van der Waals surface area contributed by atoms with Crippen LogP contribution in [0.2, 0.25) is 0 Å². The molecule has 2 heterocycles. The molecule has 2 aromatic rings. The summed E-state index contributed by atoms with van der Waals surface area (Å²) in [5.74, 6) is -0.914. The molecule has 0 spiro atoms. The van der Waals surface area contributed by atoms with Crippen LogP contribution in [0.1, 0.15) is 57.4 Å². The number of nitrogens with one attached hydrogen (secondary N) is 1. The summed E-state index contributed by atoms with van der Waals surface area (Å²) in [5.41, 5.74) is 3.20. The third-order valence-corrected chi connectivity index (χ3v) is 5.14. The van der Waals surface area contributed by atoms with E-state index in [0.29, 0.717) is 17.2 Å². The van der Waals surface area contributed by atoms with E-state index in [0.717, 1.165) is 24.2 Å². The second-order valence-electron chi connectivity index (χ2n) is 6.49. The summed E-state index contributed by atoms with van der Waals surface area (Å²) < 4.78 is 7.25. The molecule has 2 aromatic heterocycles. The molecule has 138 valence electrons. The minimum atomic E-state index is -0.500. The first-order valence-electron chi connectivity index (χ1n) is 8.65. The van der Waals surface area contributed by atoms with Crippen LogP contribution in [0.5, 0.6) is 0 Å². The molecule has 7 heteroatoms. The molecular weight excluding hydrogens is 352 g/mol. The SMILES string of the molecule is Cc1cc(C(=O)COC(=O)CCNC(=O)c2ccsc2)c(C)n1C1CC1. The first-order valence-corrected chi connectivity index (χ1v) is 9.59. The van der Waals surface area contributed by atoms with Gasteiger partial charge in [-0.05, 0) is 44.2 Å². The van der Waals surface area contributed by atoms with Crippen molar-refractivity contribution in [2.24, 2.45) is 0 Å². The van der Waals surface area contributed by atoms with Gasteiger partial charge >= 0.3 is 5.97 Å². The normalized spacial score (nSPS) is 13.5. The Labute approximate surface area is 156 Å². The number of aromatic nitrogens is 1. The smallest absolute Gasteiger partial charge is 0.308 e. The van der Waals surface area contributed by atoms with Gasteiger partial charge in [0.25, 0.3) is 5.91 Å². The van der Waals surface area contributed by atoms with Crippen molar-refractivity contribution in [3.63, 3.8) is 0 Å². The van der Waals surface area contributed by atoms with Crippen molar-refractivity contribution >= 4 is 29.0 Å². The number of hydrogen-bond acceptors (Lipinski definition) is 5. The number of Topliss-reactive ketones (excluding diaryl/α,β-unsaturated/α-hetero) is 1. The predicted octanol–water partition coefficient (Wildman–Crippen LogP) is 3.05. The Morgan fingerprint density at radius 1 is 1.31 bits per heavy atom. The molecule has 0 bridgehead atoms. The molecule has 0 radical (unpaired) electrons. The third kappa shape index (κ3) is 4.22. The zero-order valence-corrected chi connectivity index (χ0v) is 15.7. The number of carbonyl (C=O) groups excluding carboxylic acids is 3. The van der Waals surface area contributed by atoms with Crippen molar-refractivity contribution in [3.05, 3.63) is 45.4 Å².